The first-order valence-electron chi connectivity index (χ1n) is 4.63. The van der Waals surface area contributed by atoms with Gasteiger partial charge in [0.25, 0.3) is 0 Å². The average Bonchev–Trinajstić information content (AvgIpc) is 2.64. The summed E-state index contributed by atoms with van der Waals surface area (Å²) >= 11 is 5.87. The Morgan fingerprint density at radius 3 is 2.86 bits per heavy atom. The summed E-state index contributed by atoms with van der Waals surface area (Å²) in [5.41, 5.74) is 0. The highest BCUT2D eigenvalue weighted by molar-refractivity contribution is 7.80. The number of hydrogen-bond acceptors (Lipinski definition) is 3. The molecule has 0 N–H and O–H groups in total. The summed E-state index contributed by atoms with van der Waals surface area (Å²) in [4.78, 5) is 14.4. The second kappa shape index (κ2) is 6.09. The van der Waals surface area contributed by atoms with Gasteiger partial charge in [0.05, 0.1) is 0 Å². The topological polar surface area (TPSA) is 20.3 Å². The Bertz CT molecular complexity index is 272. The molecule has 1 aromatic rings. The van der Waals surface area contributed by atoms with Gasteiger partial charge >= 0.3 is 0 Å². The smallest absolute Gasteiger partial charge is 0.219 e. The van der Waals surface area contributed by atoms with Crippen LogP contribution in [0.5, 0.6) is 0 Å². The molecule has 0 aromatic carbocycles. The average molecular weight is 229 g/mol. The minimum absolute atomic E-state index is 0.135. The second-order valence-corrected chi connectivity index (χ2v) is 4.54. The fourth-order valence-corrected chi connectivity index (χ4v) is 2.19. The summed E-state index contributed by atoms with van der Waals surface area (Å²) in [6.45, 7) is 3.15. The van der Waals surface area contributed by atoms with Gasteiger partial charge in [0.15, 0.2) is 0 Å². The number of nitrogens with zero attached hydrogens (tertiary/aromatic N) is 1. The van der Waals surface area contributed by atoms with Crippen molar-refractivity contribution in [3.8, 4) is 0 Å². The van der Waals surface area contributed by atoms with Crippen molar-refractivity contribution < 1.29 is 4.79 Å². The molecular formula is C10H15NOS2. The normalized spacial score (nSPS) is 10.1. The summed E-state index contributed by atoms with van der Waals surface area (Å²) in [7, 11) is 0. The first-order valence-corrected chi connectivity index (χ1v) is 6.14. The number of carbonyl (C=O) groups is 1. The molecular weight excluding hydrogens is 214 g/mol. The predicted molar refractivity (Wildman–Crippen MR) is 64.1 cm³/mol. The molecule has 14 heavy (non-hydrogen) atoms. The van der Waals surface area contributed by atoms with Crippen LogP contribution in [0, 0.1) is 0 Å². The Labute approximate surface area is 94.3 Å². The Morgan fingerprint density at radius 1 is 1.57 bits per heavy atom. The van der Waals surface area contributed by atoms with E-state index < -0.39 is 0 Å². The quantitative estimate of drug-likeness (QED) is 0.766. The fourth-order valence-electron chi connectivity index (χ4n) is 1.25. The van der Waals surface area contributed by atoms with E-state index >= 15 is 0 Å². The first kappa shape index (κ1) is 11.6. The minimum Gasteiger partial charge on any atom is -0.342 e. The molecule has 0 bridgehead atoms. The molecule has 2 nitrogen and oxygen atoms in total. The summed E-state index contributed by atoms with van der Waals surface area (Å²) in [5.74, 6) is 0.861. The minimum atomic E-state index is 0.135. The van der Waals surface area contributed by atoms with Crippen LogP contribution in [0.25, 0.3) is 0 Å². The van der Waals surface area contributed by atoms with Crippen molar-refractivity contribution in [2.75, 3.05) is 18.8 Å². The summed E-state index contributed by atoms with van der Waals surface area (Å²) in [6, 6.07) is 4.14. The number of amides is 1. The standard InChI is InChI=1S/C10H15NOS2/c1-9(12)11(6-7-13)5-4-10-3-2-8-14-10/h2-3,8,13H,4-7H2,1H3. The SMILES string of the molecule is CC(=O)N(CCS)CCc1cccs1. The number of thiol groups is 1. The molecule has 4 heteroatoms. The number of carbonyl (C=O) groups excluding carboxylic acids is 1. The number of hydrogen-bond donors (Lipinski definition) is 1. The molecule has 0 aliphatic carbocycles. The van der Waals surface area contributed by atoms with Gasteiger partial charge in [-0.05, 0) is 17.9 Å². The van der Waals surface area contributed by atoms with Crippen molar-refractivity contribution in [1.82, 2.24) is 4.90 Å². The van der Waals surface area contributed by atoms with Gasteiger partial charge in [0, 0.05) is 30.6 Å². The molecule has 0 radical (unpaired) electrons. The van der Waals surface area contributed by atoms with E-state index in [4.69, 9.17) is 0 Å². The van der Waals surface area contributed by atoms with Gasteiger partial charge in [0.2, 0.25) is 5.91 Å². The third-order valence-corrected chi connectivity index (χ3v) is 3.16. The van der Waals surface area contributed by atoms with Crippen LogP contribution in [0.15, 0.2) is 17.5 Å². The molecule has 0 saturated carbocycles. The highest BCUT2D eigenvalue weighted by Gasteiger charge is 2.07. The Kier molecular flexibility index (Phi) is 5.04. The highest BCUT2D eigenvalue weighted by atomic mass is 32.1. The second-order valence-electron chi connectivity index (χ2n) is 3.06. The van der Waals surface area contributed by atoms with E-state index in [0.29, 0.717) is 0 Å². The summed E-state index contributed by atoms with van der Waals surface area (Å²) in [6.07, 6.45) is 0.949. The Hall–Kier alpha value is -0.480. The van der Waals surface area contributed by atoms with Crippen molar-refractivity contribution in [2.24, 2.45) is 0 Å². The van der Waals surface area contributed by atoms with Crippen molar-refractivity contribution in [1.29, 1.82) is 0 Å². The maximum atomic E-state index is 11.2. The molecule has 0 saturated heterocycles. The molecule has 78 valence electrons. The lowest BCUT2D eigenvalue weighted by molar-refractivity contribution is -0.128. The fraction of sp³-hybridized carbons (Fsp3) is 0.500. The van der Waals surface area contributed by atoms with E-state index in [0.717, 1.165) is 25.3 Å². The lowest BCUT2D eigenvalue weighted by atomic mass is 10.3. The number of rotatable bonds is 5. The third kappa shape index (κ3) is 3.72. The molecule has 0 aliphatic rings. The zero-order valence-corrected chi connectivity index (χ0v) is 9.98. The van der Waals surface area contributed by atoms with Gasteiger partial charge in [-0.25, -0.2) is 0 Å². The number of thiophene rings is 1. The van der Waals surface area contributed by atoms with Crippen LogP contribution in [0.1, 0.15) is 11.8 Å². The van der Waals surface area contributed by atoms with E-state index in [2.05, 4.69) is 24.1 Å². The van der Waals surface area contributed by atoms with E-state index in [1.165, 1.54) is 4.88 Å². The molecule has 0 fully saturated rings. The maximum absolute atomic E-state index is 11.2. The van der Waals surface area contributed by atoms with E-state index in [1.54, 1.807) is 18.3 Å². The molecule has 1 heterocycles. The monoisotopic (exact) mass is 229 g/mol. The maximum Gasteiger partial charge on any atom is 0.219 e. The zero-order valence-electron chi connectivity index (χ0n) is 8.27. The first-order chi connectivity index (χ1) is 6.74. The highest BCUT2D eigenvalue weighted by Crippen LogP contribution is 2.09. The molecule has 0 atom stereocenters. The lowest BCUT2D eigenvalue weighted by Gasteiger charge is -2.19. The van der Waals surface area contributed by atoms with Crippen molar-refractivity contribution in [3.05, 3.63) is 22.4 Å². The van der Waals surface area contributed by atoms with Gasteiger partial charge in [-0.2, -0.15) is 12.6 Å². The Balaban J connectivity index is 2.37. The van der Waals surface area contributed by atoms with E-state index in [1.807, 2.05) is 11.0 Å². The van der Waals surface area contributed by atoms with E-state index in [9.17, 15) is 4.79 Å². The van der Waals surface area contributed by atoms with Gasteiger partial charge in [-0.3, -0.25) is 4.79 Å². The lowest BCUT2D eigenvalue weighted by Crippen LogP contribution is -2.32. The van der Waals surface area contributed by atoms with Crippen molar-refractivity contribution in [2.45, 2.75) is 13.3 Å². The van der Waals surface area contributed by atoms with Crippen LogP contribution in [0.2, 0.25) is 0 Å². The van der Waals surface area contributed by atoms with Crippen LogP contribution in [0.3, 0.4) is 0 Å². The van der Waals surface area contributed by atoms with Crippen molar-refractivity contribution >= 4 is 29.9 Å². The predicted octanol–water partition coefficient (Wildman–Crippen LogP) is 2.07. The molecule has 1 amide bonds. The van der Waals surface area contributed by atoms with Gasteiger partial charge in [0.1, 0.15) is 0 Å². The molecule has 0 spiro atoms. The van der Waals surface area contributed by atoms with Crippen molar-refractivity contribution in [3.63, 3.8) is 0 Å². The molecule has 1 aromatic heterocycles. The van der Waals surface area contributed by atoms with Gasteiger partial charge in [-0.15, -0.1) is 11.3 Å². The van der Waals surface area contributed by atoms with Crippen LogP contribution in [-0.4, -0.2) is 29.6 Å². The van der Waals surface area contributed by atoms with Gasteiger partial charge < -0.3 is 4.90 Å². The summed E-state index contributed by atoms with van der Waals surface area (Å²) in [5, 5.41) is 2.06. The molecule has 0 unspecified atom stereocenters. The third-order valence-electron chi connectivity index (χ3n) is 2.02. The van der Waals surface area contributed by atoms with Crippen LogP contribution in [0.4, 0.5) is 0 Å². The van der Waals surface area contributed by atoms with Crippen LogP contribution >= 0.6 is 24.0 Å². The molecule has 0 aliphatic heterocycles. The summed E-state index contributed by atoms with van der Waals surface area (Å²) < 4.78 is 0. The zero-order chi connectivity index (χ0) is 10.4. The van der Waals surface area contributed by atoms with Crippen LogP contribution in [-0.2, 0) is 11.2 Å². The van der Waals surface area contributed by atoms with E-state index in [-0.39, 0.29) is 5.91 Å². The molecule has 1 rings (SSSR count). The largest absolute Gasteiger partial charge is 0.342 e. The van der Waals surface area contributed by atoms with Gasteiger partial charge in [-0.1, -0.05) is 6.07 Å². The Morgan fingerprint density at radius 2 is 2.36 bits per heavy atom. The van der Waals surface area contributed by atoms with Crippen LogP contribution < -0.4 is 0 Å².